The van der Waals surface area contributed by atoms with Gasteiger partial charge in [-0.1, -0.05) is 32.4 Å². The van der Waals surface area contributed by atoms with Crippen molar-refractivity contribution < 1.29 is 4.79 Å². The SMILES string of the molecule is CC1=CCC(C(=O)C(C)(C)C)CC1. The van der Waals surface area contributed by atoms with E-state index in [-0.39, 0.29) is 11.3 Å². The van der Waals surface area contributed by atoms with Crippen molar-refractivity contribution in [2.75, 3.05) is 0 Å². The molecule has 1 rings (SSSR count). The second-order valence-corrected chi connectivity index (χ2v) is 5.14. The standard InChI is InChI=1S/C12H20O/c1-9-5-7-10(8-6-9)11(13)12(2,3)4/h5,10H,6-8H2,1-4H3. The molecule has 1 aliphatic rings. The predicted molar refractivity (Wildman–Crippen MR) is 55.6 cm³/mol. The van der Waals surface area contributed by atoms with E-state index in [0.29, 0.717) is 5.78 Å². The molecule has 1 nitrogen and oxygen atoms in total. The molecule has 0 aromatic carbocycles. The van der Waals surface area contributed by atoms with E-state index in [9.17, 15) is 4.79 Å². The first-order valence-corrected chi connectivity index (χ1v) is 5.11. The number of rotatable bonds is 1. The van der Waals surface area contributed by atoms with Gasteiger partial charge in [0.2, 0.25) is 0 Å². The van der Waals surface area contributed by atoms with Gasteiger partial charge in [-0.25, -0.2) is 0 Å². The Bertz CT molecular complexity index is 230. The lowest BCUT2D eigenvalue weighted by molar-refractivity contribution is -0.130. The van der Waals surface area contributed by atoms with Gasteiger partial charge in [0.05, 0.1) is 0 Å². The number of carbonyl (C=O) groups is 1. The lowest BCUT2D eigenvalue weighted by Gasteiger charge is -2.26. The highest BCUT2D eigenvalue weighted by molar-refractivity contribution is 5.86. The lowest BCUT2D eigenvalue weighted by atomic mass is 9.77. The number of hydrogen-bond acceptors (Lipinski definition) is 1. The van der Waals surface area contributed by atoms with Crippen molar-refractivity contribution >= 4 is 5.78 Å². The summed E-state index contributed by atoms with van der Waals surface area (Å²) in [5, 5.41) is 0. The molecule has 74 valence electrons. The summed E-state index contributed by atoms with van der Waals surface area (Å²) < 4.78 is 0. The molecule has 0 radical (unpaired) electrons. The number of allylic oxidation sites excluding steroid dienone is 2. The van der Waals surface area contributed by atoms with Crippen molar-refractivity contribution in [2.24, 2.45) is 11.3 Å². The molecule has 0 spiro atoms. The Balaban J connectivity index is 2.61. The predicted octanol–water partition coefficient (Wildman–Crippen LogP) is 3.35. The molecule has 0 aliphatic heterocycles. The van der Waals surface area contributed by atoms with E-state index < -0.39 is 0 Å². The van der Waals surface area contributed by atoms with Gasteiger partial charge in [-0.3, -0.25) is 4.79 Å². The molecule has 13 heavy (non-hydrogen) atoms. The van der Waals surface area contributed by atoms with Crippen LogP contribution in [0.1, 0.15) is 47.0 Å². The van der Waals surface area contributed by atoms with Crippen LogP contribution in [-0.2, 0) is 4.79 Å². The van der Waals surface area contributed by atoms with E-state index in [2.05, 4.69) is 13.0 Å². The van der Waals surface area contributed by atoms with Crippen LogP contribution in [0, 0.1) is 11.3 Å². The molecule has 0 heterocycles. The van der Waals surface area contributed by atoms with Gasteiger partial charge in [-0.2, -0.15) is 0 Å². The zero-order valence-corrected chi connectivity index (χ0v) is 9.18. The molecule has 1 heteroatoms. The van der Waals surface area contributed by atoms with Crippen molar-refractivity contribution in [2.45, 2.75) is 47.0 Å². The molecule has 0 saturated heterocycles. The normalized spacial score (nSPS) is 24.0. The minimum absolute atomic E-state index is 0.163. The number of ketones is 1. The summed E-state index contributed by atoms with van der Waals surface area (Å²) in [4.78, 5) is 11.9. The van der Waals surface area contributed by atoms with Crippen molar-refractivity contribution in [3.05, 3.63) is 11.6 Å². The fourth-order valence-corrected chi connectivity index (χ4v) is 1.82. The molecule has 1 aliphatic carbocycles. The third kappa shape index (κ3) is 2.68. The number of carbonyl (C=O) groups excluding carboxylic acids is 1. The van der Waals surface area contributed by atoms with Gasteiger partial charge in [-0.15, -0.1) is 0 Å². The summed E-state index contributed by atoms with van der Waals surface area (Å²) in [6, 6.07) is 0. The van der Waals surface area contributed by atoms with E-state index >= 15 is 0 Å². The molecular formula is C12H20O. The first kappa shape index (κ1) is 10.5. The number of Topliss-reactive ketones (excluding diaryl/α,β-unsaturated/α-hetero) is 1. The first-order valence-electron chi connectivity index (χ1n) is 5.11. The molecular weight excluding hydrogens is 160 g/mol. The molecule has 0 bridgehead atoms. The largest absolute Gasteiger partial charge is 0.299 e. The average molecular weight is 180 g/mol. The molecule has 1 atom stereocenters. The Kier molecular flexibility index (Phi) is 2.94. The minimum atomic E-state index is -0.163. The Morgan fingerprint density at radius 3 is 2.46 bits per heavy atom. The van der Waals surface area contributed by atoms with Crippen LogP contribution in [-0.4, -0.2) is 5.78 Å². The average Bonchev–Trinajstić information content (AvgIpc) is 2.03. The smallest absolute Gasteiger partial charge is 0.141 e. The van der Waals surface area contributed by atoms with Crippen LogP contribution in [0.15, 0.2) is 11.6 Å². The van der Waals surface area contributed by atoms with Crippen molar-refractivity contribution in [3.63, 3.8) is 0 Å². The Hall–Kier alpha value is -0.590. The Morgan fingerprint density at radius 1 is 1.46 bits per heavy atom. The van der Waals surface area contributed by atoms with E-state index in [4.69, 9.17) is 0 Å². The Labute approximate surface area is 81.2 Å². The topological polar surface area (TPSA) is 17.1 Å². The highest BCUT2D eigenvalue weighted by atomic mass is 16.1. The maximum Gasteiger partial charge on any atom is 0.141 e. The molecule has 1 unspecified atom stereocenters. The van der Waals surface area contributed by atoms with E-state index in [0.717, 1.165) is 19.3 Å². The monoisotopic (exact) mass is 180 g/mol. The molecule has 0 saturated carbocycles. The fraction of sp³-hybridized carbons (Fsp3) is 0.750. The van der Waals surface area contributed by atoms with Gasteiger partial charge in [0.1, 0.15) is 5.78 Å². The third-order valence-corrected chi connectivity index (χ3v) is 2.75. The van der Waals surface area contributed by atoms with E-state index in [1.807, 2.05) is 20.8 Å². The zero-order chi connectivity index (χ0) is 10.1. The summed E-state index contributed by atoms with van der Waals surface area (Å²) in [5.41, 5.74) is 1.28. The highest BCUT2D eigenvalue weighted by Gasteiger charge is 2.29. The van der Waals surface area contributed by atoms with Crippen molar-refractivity contribution in [3.8, 4) is 0 Å². The van der Waals surface area contributed by atoms with E-state index in [1.165, 1.54) is 5.57 Å². The molecule has 0 aromatic heterocycles. The zero-order valence-electron chi connectivity index (χ0n) is 9.18. The van der Waals surface area contributed by atoms with Crippen LogP contribution in [0.2, 0.25) is 0 Å². The maximum atomic E-state index is 11.9. The summed E-state index contributed by atoms with van der Waals surface area (Å²) in [6.45, 7) is 8.19. The summed E-state index contributed by atoms with van der Waals surface area (Å²) >= 11 is 0. The van der Waals surface area contributed by atoms with Crippen molar-refractivity contribution in [1.29, 1.82) is 0 Å². The second kappa shape index (κ2) is 3.65. The quantitative estimate of drug-likeness (QED) is 0.565. The maximum absolute atomic E-state index is 11.9. The lowest BCUT2D eigenvalue weighted by Crippen LogP contribution is -2.29. The highest BCUT2D eigenvalue weighted by Crippen LogP contribution is 2.30. The molecule has 0 amide bonds. The van der Waals surface area contributed by atoms with Gasteiger partial charge >= 0.3 is 0 Å². The Morgan fingerprint density at radius 2 is 2.08 bits per heavy atom. The van der Waals surface area contributed by atoms with Crippen LogP contribution < -0.4 is 0 Å². The van der Waals surface area contributed by atoms with Gasteiger partial charge < -0.3 is 0 Å². The molecule has 0 fully saturated rings. The van der Waals surface area contributed by atoms with Crippen LogP contribution in [0.3, 0.4) is 0 Å². The molecule has 0 N–H and O–H groups in total. The third-order valence-electron chi connectivity index (χ3n) is 2.75. The number of hydrogen-bond donors (Lipinski definition) is 0. The van der Waals surface area contributed by atoms with Crippen LogP contribution in [0.5, 0.6) is 0 Å². The summed E-state index contributed by atoms with van der Waals surface area (Å²) in [5.74, 6) is 0.708. The van der Waals surface area contributed by atoms with Gasteiger partial charge in [0.15, 0.2) is 0 Å². The van der Waals surface area contributed by atoms with Gasteiger partial charge in [0, 0.05) is 11.3 Å². The molecule has 0 aromatic rings. The summed E-state index contributed by atoms with van der Waals surface area (Å²) in [6.07, 6.45) is 5.34. The second-order valence-electron chi connectivity index (χ2n) is 5.14. The fourth-order valence-electron chi connectivity index (χ4n) is 1.82. The first-order chi connectivity index (χ1) is 5.91. The van der Waals surface area contributed by atoms with Crippen molar-refractivity contribution in [1.82, 2.24) is 0 Å². The summed E-state index contributed by atoms with van der Waals surface area (Å²) in [7, 11) is 0. The minimum Gasteiger partial charge on any atom is -0.299 e. The van der Waals surface area contributed by atoms with Crippen LogP contribution >= 0.6 is 0 Å². The van der Waals surface area contributed by atoms with Crippen LogP contribution in [0.4, 0.5) is 0 Å². The van der Waals surface area contributed by atoms with Gasteiger partial charge in [0.25, 0.3) is 0 Å². The van der Waals surface area contributed by atoms with E-state index in [1.54, 1.807) is 0 Å². The van der Waals surface area contributed by atoms with Gasteiger partial charge in [-0.05, 0) is 26.2 Å². The van der Waals surface area contributed by atoms with Crippen LogP contribution in [0.25, 0.3) is 0 Å².